The molecule has 84 valence electrons. The van der Waals surface area contributed by atoms with Gasteiger partial charge in [0.1, 0.15) is 17.6 Å². The van der Waals surface area contributed by atoms with Crippen LogP contribution in [0.3, 0.4) is 0 Å². The van der Waals surface area contributed by atoms with E-state index in [1.54, 1.807) is 0 Å². The molecule has 1 unspecified atom stereocenters. The van der Waals surface area contributed by atoms with Crippen molar-refractivity contribution >= 4 is 0 Å². The van der Waals surface area contributed by atoms with Gasteiger partial charge < -0.3 is 15.2 Å². The molecule has 0 spiro atoms. The van der Waals surface area contributed by atoms with Gasteiger partial charge in [0.2, 0.25) is 0 Å². The van der Waals surface area contributed by atoms with Crippen LogP contribution >= 0.6 is 0 Å². The number of ether oxygens (including phenoxy) is 2. The maximum absolute atomic E-state index is 5.67. The smallest absolute Gasteiger partial charge is 0.120 e. The Balaban J connectivity index is 2.55. The first kappa shape index (κ1) is 11.9. The standard InChI is InChI=1S/C12H19NO2/c1-3-10(9-13)15-12-7-5-11(6-8-12)14-4-2/h5-8,10H,3-4,9,13H2,1-2H3. The van der Waals surface area contributed by atoms with Gasteiger partial charge >= 0.3 is 0 Å². The molecule has 1 aromatic carbocycles. The average molecular weight is 209 g/mol. The fourth-order valence-corrected chi connectivity index (χ4v) is 1.27. The van der Waals surface area contributed by atoms with E-state index in [2.05, 4.69) is 6.92 Å². The highest BCUT2D eigenvalue weighted by Gasteiger charge is 2.04. The van der Waals surface area contributed by atoms with Crippen LogP contribution in [0.25, 0.3) is 0 Å². The lowest BCUT2D eigenvalue weighted by Crippen LogP contribution is -2.25. The van der Waals surface area contributed by atoms with Crippen LogP contribution in [0.4, 0.5) is 0 Å². The minimum absolute atomic E-state index is 0.0999. The summed E-state index contributed by atoms with van der Waals surface area (Å²) < 4.78 is 11.0. The fourth-order valence-electron chi connectivity index (χ4n) is 1.27. The van der Waals surface area contributed by atoms with Gasteiger partial charge in [0.15, 0.2) is 0 Å². The van der Waals surface area contributed by atoms with Crippen LogP contribution in [-0.4, -0.2) is 19.3 Å². The zero-order valence-electron chi connectivity index (χ0n) is 9.40. The molecule has 1 rings (SSSR count). The molecule has 0 heterocycles. The van der Waals surface area contributed by atoms with Crippen molar-refractivity contribution in [2.45, 2.75) is 26.4 Å². The molecule has 0 aliphatic heterocycles. The van der Waals surface area contributed by atoms with Crippen LogP contribution in [0.5, 0.6) is 11.5 Å². The quantitative estimate of drug-likeness (QED) is 0.781. The number of rotatable bonds is 6. The van der Waals surface area contributed by atoms with Crippen LogP contribution in [0.1, 0.15) is 20.3 Å². The lowest BCUT2D eigenvalue weighted by atomic mass is 10.2. The zero-order chi connectivity index (χ0) is 11.1. The second-order valence-corrected chi connectivity index (χ2v) is 3.29. The highest BCUT2D eigenvalue weighted by atomic mass is 16.5. The molecule has 0 fully saturated rings. The normalized spacial score (nSPS) is 12.2. The molecule has 0 aromatic heterocycles. The summed E-state index contributed by atoms with van der Waals surface area (Å²) >= 11 is 0. The Bertz CT molecular complexity index is 267. The van der Waals surface area contributed by atoms with E-state index in [-0.39, 0.29) is 6.10 Å². The SMILES string of the molecule is CCOc1ccc(OC(CC)CN)cc1. The Hall–Kier alpha value is -1.22. The van der Waals surface area contributed by atoms with Crippen molar-refractivity contribution in [2.24, 2.45) is 5.73 Å². The molecular weight excluding hydrogens is 190 g/mol. The van der Waals surface area contributed by atoms with Crippen LogP contribution < -0.4 is 15.2 Å². The van der Waals surface area contributed by atoms with Crippen molar-refractivity contribution in [3.8, 4) is 11.5 Å². The Labute approximate surface area is 91.2 Å². The third kappa shape index (κ3) is 3.80. The largest absolute Gasteiger partial charge is 0.494 e. The lowest BCUT2D eigenvalue weighted by Gasteiger charge is -2.15. The van der Waals surface area contributed by atoms with Gasteiger partial charge in [0, 0.05) is 6.54 Å². The summed E-state index contributed by atoms with van der Waals surface area (Å²) in [6.07, 6.45) is 1.02. The molecule has 0 aliphatic carbocycles. The molecule has 2 N–H and O–H groups in total. The van der Waals surface area contributed by atoms with E-state index >= 15 is 0 Å². The maximum Gasteiger partial charge on any atom is 0.120 e. The number of hydrogen-bond donors (Lipinski definition) is 1. The Morgan fingerprint density at radius 1 is 1.13 bits per heavy atom. The third-order valence-electron chi connectivity index (χ3n) is 2.16. The van der Waals surface area contributed by atoms with Gasteiger partial charge in [-0.25, -0.2) is 0 Å². The van der Waals surface area contributed by atoms with Crippen LogP contribution in [0, 0.1) is 0 Å². The summed E-state index contributed by atoms with van der Waals surface area (Å²) in [4.78, 5) is 0. The predicted octanol–water partition coefficient (Wildman–Crippen LogP) is 2.20. The van der Waals surface area contributed by atoms with Crippen LogP contribution in [-0.2, 0) is 0 Å². The summed E-state index contributed by atoms with van der Waals surface area (Å²) in [6, 6.07) is 7.62. The van der Waals surface area contributed by atoms with Gasteiger partial charge in [-0.1, -0.05) is 6.92 Å². The molecule has 0 bridgehead atoms. The monoisotopic (exact) mass is 209 g/mol. The van der Waals surface area contributed by atoms with Crippen molar-refractivity contribution in [2.75, 3.05) is 13.2 Å². The highest BCUT2D eigenvalue weighted by molar-refractivity contribution is 5.31. The van der Waals surface area contributed by atoms with E-state index < -0.39 is 0 Å². The second kappa shape index (κ2) is 6.30. The van der Waals surface area contributed by atoms with Crippen molar-refractivity contribution in [3.63, 3.8) is 0 Å². The molecular formula is C12H19NO2. The van der Waals surface area contributed by atoms with E-state index in [0.717, 1.165) is 17.9 Å². The molecule has 0 radical (unpaired) electrons. The van der Waals surface area contributed by atoms with Gasteiger partial charge in [-0.05, 0) is 37.6 Å². The molecule has 0 saturated carbocycles. The second-order valence-electron chi connectivity index (χ2n) is 3.29. The van der Waals surface area contributed by atoms with Gasteiger partial charge in [-0.2, -0.15) is 0 Å². The van der Waals surface area contributed by atoms with Crippen molar-refractivity contribution in [1.29, 1.82) is 0 Å². The van der Waals surface area contributed by atoms with Gasteiger partial charge in [0.25, 0.3) is 0 Å². The number of nitrogens with two attached hydrogens (primary N) is 1. The Morgan fingerprint density at radius 2 is 1.73 bits per heavy atom. The van der Waals surface area contributed by atoms with Crippen molar-refractivity contribution in [1.82, 2.24) is 0 Å². The van der Waals surface area contributed by atoms with Crippen LogP contribution in [0.15, 0.2) is 24.3 Å². The highest BCUT2D eigenvalue weighted by Crippen LogP contribution is 2.18. The van der Waals surface area contributed by atoms with Crippen molar-refractivity contribution in [3.05, 3.63) is 24.3 Å². The summed E-state index contributed by atoms with van der Waals surface area (Å²) in [7, 11) is 0. The van der Waals surface area contributed by atoms with E-state index in [9.17, 15) is 0 Å². The van der Waals surface area contributed by atoms with Crippen LogP contribution in [0.2, 0.25) is 0 Å². The topological polar surface area (TPSA) is 44.5 Å². The minimum atomic E-state index is 0.0999. The summed E-state index contributed by atoms with van der Waals surface area (Å²) in [5.41, 5.74) is 5.56. The first-order valence-electron chi connectivity index (χ1n) is 5.39. The summed E-state index contributed by atoms with van der Waals surface area (Å²) in [5, 5.41) is 0. The molecule has 3 heteroatoms. The predicted molar refractivity (Wildman–Crippen MR) is 61.4 cm³/mol. The maximum atomic E-state index is 5.67. The van der Waals surface area contributed by atoms with E-state index in [1.165, 1.54) is 0 Å². The summed E-state index contributed by atoms with van der Waals surface area (Å²) in [5.74, 6) is 1.71. The molecule has 1 atom stereocenters. The van der Waals surface area contributed by atoms with Crippen molar-refractivity contribution < 1.29 is 9.47 Å². The molecule has 3 nitrogen and oxygen atoms in total. The Kier molecular flexibility index (Phi) is 4.98. The number of benzene rings is 1. The van der Waals surface area contributed by atoms with Gasteiger partial charge in [-0.3, -0.25) is 0 Å². The van der Waals surface area contributed by atoms with Gasteiger partial charge in [-0.15, -0.1) is 0 Å². The number of hydrogen-bond acceptors (Lipinski definition) is 3. The molecule has 0 aliphatic rings. The molecule has 0 amide bonds. The van der Waals surface area contributed by atoms with Gasteiger partial charge in [0.05, 0.1) is 6.61 Å². The van der Waals surface area contributed by atoms with E-state index in [4.69, 9.17) is 15.2 Å². The van der Waals surface area contributed by atoms with E-state index in [0.29, 0.717) is 13.2 Å². The molecule has 1 aromatic rings. The summed E-state index contributed by atoms with van der Waals surface area (Å²) in [6.45, 7) is 5.25. The fraction of sp³-hybridized carbons (Fsp3) is 0.500. The Morgan fingerprint density at radius 3 is 2.20 bits per heavy atom. The lowest BCUT2D eigenvalue weighted by molar-refractivity contribution is 0.205. The minimum Gasteiger partial charge on any atom is -0.494 e. The zero-order valence-corrected chi connectivity index (χ0v) is 9.40. The first-order valence-corrected chi connectivity index (χ1v) is 5.39. The molecule has 0 saturated heterocycles. The molecule has 15 heavy (non-hydrogen) atoms. The average Bonchev–Trinajstić information content (AvgIpc) is 2.28. The first-order chi connectivity index (χ1) is 7.30. The third-order valence-corrected chi connectivity index (χ3v) is 2.16. The van der Waals surface area contributed by atoms with E-state index in [1.807, 2.05) is 31.2 Å².